The highest BCUT2D eigenvalue weighted by atomic mass is 19.1. The molecule has 4 rings (SSSR count). The van der Waals surface area contributed by atoms with Gasteiger partial charge in [-0.3, -0.25) is 4.79 Å². The predicted molar refractivity (Wildman–Crippen MR) is 150 cm³/mol. The summed E-state index contributed by atoms with van der Waals surface area (Å²) in [5.74, 6) is 1.93. The molecule has 5 nitrogen and oxygen atoms in total. The molecule has 0 radical (unpaired) electrons. The minimum atomic E-state index is -0.352. The maximum absolute atomic E-state index is 15.3. The molecule has 1 aliphatic rings. The first-order valence-electron chi connectivity index (χ1n) is 13.7. The first kappa shape index (κ1) is 28.4. The van der Waals surface area contributed by atoms with E-state index in [1.54, 1.807) is 13.2 Å². The number of benzene rings is 2. The van der Waals surface area contributed by atoms with Gasteiger partial charge in [-0.05, 0) is 72.1 Å². The summed E-state index contributed by atoms with van der Waals surface area (Å²) in [6.45, 7) is 6.86. The van der Waals surface area contributed by atoms with Crippen LogP contribution in [0.15, 0.2) is 42.5 Å². The zero-order valence-electron chi connectivity index (χ0n) is 22.8. The molecule has 200 valence electrons. The second kappa shape index (κ2) is 14.0. The summed E-state index contributed by atoms with van der Waals surface area (Å²) in [4.78, 5) is 16.3. The van der Waals surface area contributed by atoms with Gasteiger partial charge in [-0.25, -0.2) is 9.37 Å². The average Bonchev–Trinajstić information content (AvgIpc) is 2.89. The highest BCUT2D eigenvalue weighted by Gasteiger charge is 2.20. The molecular weight excluding hydrogens is 465 g/mol. The van der Waals surface area contributed by atoms with Crippen molar-refractivity contribution in [3.05, 3.63) is 65.0 Å². The second-order valence-electron chi connectivity index (χ2n) is 9.89. The van der Waals surface area contributed by atoms with E-state index in [9.17, 15) is 4.79 Å². The number of halogens is 1. The Morgan fingerprint density at radius 2 is 1.76 bits per heavy atom. The highest BCUT2D eigenvalue weighted by molar-refractivity contribution is 5.83. The van der Waals surface area contributed by atoms with E-state index in [0.717, 1.165) is 59.4 Å². The fourth-order valence-electron chi connectivity index (χ4n) is 5.13. The number of pyridine rings is 1. The molecule has 0 unspecified atom stereocenters. The quantitative estimate of drug-likeness (QED) is 0.331. The van der Waals surface area contributed by atoms with Gasteiger partial charge in [0.2, 0.25) is 5.91 Å². The smallest absolute Gasteiger partial charge is 0.217 e. The first-order chi connectivity index (χ1) is 17.9. The lowest BCUT2D eigenvalue weighted by molar-refractivity contribution is -0.117. The minimum Gasteiger partial charge on any atom is -0.497 e. The van der Waals surface area contributed by atoms with E-state index in [-0.39, 0.29) is 24.1 Å². The number of amides is 1. The summed E-state index contributed by atoms with van der Waals surface area (Å²) in [6.07, 6.45) is 7.48. The molecule has 2 aromatic carbocycles. The van der Waals surface area contributed by atoms with Crippen LogP contribution >= 0.6 is 0 Å². The van der Waals surface area contributed by atoms with Gasteiger partial charge in [-0.15, -0.1) is 0 Å². The van der Waals surface area contributed by atoms with Gasteiger partial charge >= 0.3 is 0 Å². The third kappa shape index (κ3) is 7.91. The van der Waals surface area contributed by atoms with Crippen molar-refractivity contribution in [2.24, 2.45) is 11.7 Å². The fourth-order valence-corrected chi connectivity index (χ4v) is 5.13. The van der Waals surface area contributed by atoms with Crippen molar-refractivity contribution in [3.63, 3.8) is 0 Å². The fraction of sp³-hybridized carbons (Fsp3) is 0.484. The Hall–Kier alpha value is -3.15. The van der Waals surface area contributed by atoms with E-state index in [0.29, 0.717) is 24.3 Å². The van der Waals surface area contributed by atoms with Crippen LogP contribution in [-0.4, -0.2) is 18.0 Å². The van der Waals surface area contributed by atoms with Crippen LogP contribution in [0.2, 0.25) is 0 Å². The lowest BCUT2D eigenvalue weighted by Gasteiger charge is -2.24. The normalized spacial score (nSPS) is 17.8. The number of anilines is 1. The zero-order chi connectivity index (χ0) is 26.8. The van der Waals surface area contributed by atoms with Crippen molar-refractivity contribution >= 4 is 22.6 Å². The van der Waals surface area contributed by atoms with Gasteiger partial charge in [-0.2, -0.15) is 0 Å². The van der Waals surface area contributed by atoms with Crippen LogP contribution < -0.4 is 15.8 Å². The molecule has 0 saturated heterocycles. The molecule has 1 aromatic heterocycles. The van der Waals surface area contributed by atoms with Crippen molar-refractivity contribution in [2.75, 3.05) is 12.4 Å². The molecule has 0 bridgehead atoms. The number of nitrogens with two attached hydrogens (primary N) is 1. The van der Waals surface area contributed by atoms with Gasteiger partial charge in [0.1, 0.15) is 17.4 Å². The number of hydrogen-bond donors (Lipinski definition) is 2. The SMILES string of the molecule is CC.COc1ccc(CNc2nc3cc(F)c(C4CCCC(C)CCC4)cc3cc2CCC(N)=O)cc1. The number of primary amides is 1. The Balaban J connectivity index is 0.00000186. The van der Waals surface area contributed by atoms with Gasteiger partial charge in [0.25, 0.3) is 0 Å². The summed E-state index contributed by atoms with van der Waals surface area (Å²) >= 11 is 0. The molecule has 0 aliphatic heterocycles. The topological polar surface area (TPSA) is 77.2 Å². The number of carbonyl (C=O) groups is 1. The number of rotatable bonds is 8. The lowest BCUT2D eigenvalue weighted by atomic mass is 9.82. The van der Waals surface area contributed by atoms with Crippen LogP contribution in [0.3, 0.4) is 0 Å². The maximum Gasteiger partial charge on any atom is 0.217 e. The number of aryl methyl sites for hydroxylation is 1. The van der Waals surface area contributed by atoms with Crippen LogP contribution in [-0.2, 0) is 17.8 Å². The van der Waals surface area contributed by atoms with Gasteiger partial charge in [0.05, 0.1) is 12.6 Å². The molecule has 1 saturated carbocycles. The molecule has 1 heterocycles. The van der Waals surface area contributed by atoms with E-state index in [4.69, 9.17) is 15.5 Å². The molecule has 0 spiro atoms. The second-order valence-corrected chi connectivity index (χ2v) is 9.89. The monoisotopic (exact) mass is 507 g/mol. The maximum atomic E-state index is 15.3. The number of ether oxygens (including phenoxy) is 1. The van der Waals surface area contributed by atoms with Gasteiger partial charge in [0.15, 0.2) is 0 Å². The van der Waals surface area contributed by atoms with Crippen molar-refractivity contribution in [1.82, 2.24) is 4.98 Å². The molecule has 6 heteroatoms. The average molecular weight is 508 g/mol. The molecule has 3 N–H and O–H groups in total. The van der Waals surface area contributed by atoms with Crippen LogP contribution in [0.5, 0.6) is 5.75 Å². The van der Waals surface area contributed by atoms with Gasteiger partial charge < -0.3 is 15.8 Å². The summed E-state index contributed by atoms with van der Waals surface area (Å²) in [6, 6.07) is 13.4. The van der Waals surface area contributed by atoms with Crippen LogP contribution in [0.1, 0.15) is 88.3 Å². The molecule has 1 aliphatic carbocycles. The number of fused-ring (bicyclic) bond motifs is 1. The summed E-state index contributed by atoms with van der Waals surface area (Å²) in [5, 5.41) is 4.28. The number of carbonyl (C=O) groups excluding carboxylic acids is 1. The number of nitrogens with one attached hydrogen (secondary N) is 1. The third-order valence-corrected chi connectivity index (χ3v) is 7.21. The Morgan fingerprint density at radius 3 is 2.38 bits per heavy atom. The Labute approximate surface area is 221 Å². The zero-order valence-corrected chi connectivity index (χ0v) is 22.8. The van der Waals surface area contributed by atoms with E-state index in [1.165, 1.54) is 12.8 Å². The van der Waals surface area contributed by atoms with E-state index in [1.807, 2.05) is 50.2 Å². The van der Waals surface area contributed by atoms with Crippen molar-refractivity contribution in [2.45, 2.75) is 84.6 Å². The molecule has 3 aromatic rings. The van der Waals surface area contributed by atoms with E-state index in [2.05, 4.69) is 12.2 Å². The standard InChI is InChI=1S/C29H36FN3O2.C2H6/c1-19-5-3-7-21(8-4-6-19)25-16-23-15-22(11-14-28(31)34)29(33-27(23)17-26(25)30)32-18-20-9-12-24(35-2)13-10-20;1-2/h9-10,12-13,15-17,19,21H,3-8,11,14,18H2,1-2H3,(H2,31,34)(H,32,33);1-2H3. The largest absolute Gasteiger partial charge is 0.497 e. The molecule has 37 heavy (non-hydrogen) atoms. The van der Waals surface area contributed by atoms with E-state index < -0.39 is 0 Å². The summed E-state index contributed by atoms with van der Waals surface area (Å²) in [5.41, 5.74) is 8.82. The highest BCUT2D eigenvalue weighted by Crippen LogP contribution is 2.36. The molecule has 0 atom stereocenters. The van der Waals surface area contributed by atoms with Crippen molar-refractivity contribution in [3.8, 4) is 5.75 Å². The first-order valence-corrected chi connectivity index (χ1v) is 13.7. The number of methoxy groups -OCH3 is 1. The molecule has 1 fully saturated rings. The molecular formula is C31H42FN3O2. The Bertz CT molecular complexity index is 1150. The number of aromatic nitrogens is 1. The summed E-state index contributed by atoms with van der Waals surface area (Å²) in [7, 11) is 1.64. The minimum absolute atomic E-state index is 0.172. The van der Waals surface area contributed by atoms with Crippen molar-refractivity contribution < 1.29 is 13.9 Å². The van der Waals surface area contributed by atoms with Crippen molar-refractivity contribution in [1.29, 1.82) is 0 Å². The lowest BCUT2D eigenvalue weighted by Crippen LogP contribution is -2.13. The third-order valence-electron chi connectivity index (χ3n) is 7.21. The van der Waals surface area contributed by atoms with Gasteiger partial charge in [0, 0.05) is 24.4 Å². The Morgan fingerprint density at radius 1 is 1.08 bits per heavy atom. The number of nitrogens with zero attached hydrogens (tertiary/aromatic N) is 1. The Kier molecular flexibility index (Phi) is 10.7. The van der Waals surface area contributed by atoms with Crippen LogP contribution in [0.4, 0.5) is 10.2 Å². The van der Waals surface area contributed by atoms with Crippen LogP contribution in [0.25, 0.3) is 10.9 Å². The van der Waals surface area contributed by atoms with Crippen LogP contribution in [0, 0.1) is 11.7 Å². The molecule has 1 amide bonds. The number of hydrogen-bond acceptors (Lipinski definition) is 4. The van der Waals surface area contributed by atoms with E-state index >= 15 is 4.39 Å². The predicted octanol–water partition coefficient (Wildman–Crippen LogP) is 7.51. The summed E-state index contributed by atoms with van der Waals surface area (Å²) < 4.78 is 20.5. The van der Waals surface area contributed by atoms with Gasteiger partial charge in [-0.1, -0.05) is 58.6 Å².